The molecule has 0 unspecified atom stereocenters. The van der Waals surface area contributed by atoms with Crippen molar-refractivity contribution in [3.8, 4) is 5.69 Å². The fourth-order valence-corrected chi connectivity index (χ4v) is 2.79. The average molecular weight is 331 g/mol. The minimum atomic E-state index is -0.641. The van der Waals surface area contributed by atoms with E-state index < -0.39 is 10.7 Å². The Morgan fingerprint density at radius 3 is 2.74 bits per heavy atom. The molecule has 9 heteroatoms. The minimum absolute atomic E-state index is 0.275. The van der Waals surface area contributed by atoms with Crippen LogP contribution < -0.4 is 0 Å². The van der Waals surface area contributed by atoms with Crippen LogP contribution in [-0.2, 0) is 5.75 Å². The SMILES string of the molecule is O=[N+]([O-])c1cc(F)cc(CSc2nnnn2-c2ccccc2)c1. The number of thioether (sulfide) groups is 1. The lowest BCUT2D eigenvalue weighted by Crippen LogP contribution is -1.99. The third-order valence-corrected chi connectivity index (χ3v) is 3.95. The van der Waals surface area contributed by atoms with E-state index >= 15 is 0 Å². The van der Waals surface area contributed by atoms with Gasteiger partial charge in [-0.3, -0.25) is 10.1 Å². The van der Waals surface area contributed by atoms with Crippen LogP contribution in [0.3, 0.4) is 0 Å². The maximum atomic E-state index is 13.4. The number of benzene rings is 2. The largest absolute Gasteiger partial charge is 0.272 e. The number of nitro benzene ring substituents is 1. The van der Waals surface area contributed by atoms with Gasteiger partial charge in [-0.1, -0.05) is 30.0 Å². The van der Waals surface area contributed by atoms with Crippen LogP contribution in [-0.4, -0.2) is 25.1 Å². The Kier molecular flexibility index (Phi) is 4.29. The van der Waals surface area contributed by atoms with Crippen molar-refractivity contribution in [3.05, 3.63) is 70.0 Å². The summed E-state index contributed by atoms with van der Waals surface area (Å²) in [4.78, 5) is 10.2. The van der Waals surface area contributed by atoms with Crippen LogP contribution in [0.5, 0.6) is 0 Å². The highest BCUT2D eigenvalue weighted by atomic mass is 32.2. The number of halogens is 1. The molecule has 0 aliphatic heterocycles. The summed E-state index contributed by atoms with van der Waals surface area (Å²) in [5.41, 5.74) is 1.01. The molecule has 0 N–H and O–H groups in total. The summed E-state index contributed by atoms with van der Waals surface area (Å²) in [7, 11) is 0. The maximum absolute atomic E-state index is 13.4. The summed E-state index contributed by atoms with van der Waals surface area (Å²) in [6.07, 6.45) is 0. The molecule has 3 rings (SSSR count). The van der Waals surface area contributed by atoms with Gasteiger partial charge < -0.3 is 0 Å². The predicted octanol–water partition coefficient (Wildman–Crippen LogP) is 3.00. The van der Waals surface area contributed by atoms with Crippen molar-refractivity contribution in [1.82, 2.24) is 20.2 Å². The highest BCUT2D eigenvalue weighted by Gasteiger charge is 2.13. The van der Waals surface area contributed by atoms with Crippen LogP contribution in [0, 0.1) is 15.9 Å². The molecule has 0 spiro atoms. The third kappa shape index (κ3) is 3.51. The molecule has 2 aromatic carbocycles. The lowest BCUT2D eigenvalue weighted by molar-refractivity contribution is -0.385. The zero-order valence-corrected chi connectivity index (χ0v) is 12.5. The molecule has 0 aliphatic rings. The summed E-state index contributed by atoms with van der Waals surface area (Å²) in [5.74, 6) is -0.330. The van der Waals surface area contributed by atoms with Crippen molar-refractivity contribution in [2.75, 3.05) is 0 Å². The number of aromatic nitrogens is 4. The van der Waals surface area contributed by atoms with Crippen molar-refractivity contribution in [1.29, 1.82) is 0 Å². The molecule has 0 radical (unpaired) electrons. The van der Waals surface area contributed by atoms with Gasteiger partial charge in [-0.05, 0) is 34.2 Å². The molecule has 116 valence electrons. The van der Waals surface area contributed by atoms with Crippen LogP contribution in [0.4, 0.5) is 10.1 Å². The number of para-hydroxylation sites is 1. The lowest BCUT2D eigenvalue weighted by Gasteiger charge is -2.04. The van der Waals surface area contributed by atoms with E-state index in [1.54, 1.807) is 4.68 Å². The van der Waals surface area contributed by atoms with Crippen molar-refractivity contribution >= 4 is 17.4 Å². The normalized spacial score (nSPS) is 10.7. The molecule has 0 bridgehead atoms. The zero-order chi connectivity index (χ0) is 16.2. The Balaban J connectivity index is 1.80. The van der Waals surface area contributed by atoms with Gasteiger partial charge in [0, 0.05) is 11.8 Å². The van der Waals surface area contributed by atoms with Crippen LogP contribution in [0.25, 0.3) is 5.69 Å². The summed E-state index contributed by atoms with van der Waals surface area (Å²) < 4.78 is 15.0. The molecule has 0 saturated carbocycles. The van der Waals surface area contributed by atoms with Gasteiger partial charge >= 0.3 is 0 Å². The van der Waals surface area contributed by atoms with E-state index in [0.717, 1.165) is 11.8 Å². The number of non-ortho nitro benzene ring substituents is 1. The molecule has 0 aliphatic carbocycles. The number of nitrogens with zero attached hydrogens (tertiary/aromatic N) is 5. The second-order valence-electron chi connectivity index (χ2n) is 4.57. The second kappa shape index (κ2) is 6.53. The minimum Gasteiger partial charge on any atom is -0.258 e. The lowest BCUT2D eigenvalue weighted by atomic mass is 10.2. The molecule has 23 heavy (non-hydrogen) atoms. The van der Waals surface area contributed by atoms with Crippen LogP contribution >= 0.6 is 11.8 Å². The third-order valence-electron chi connectivity index (χ3n) is 2.96. The Morgan fingerprint density at radius 1 is 1.22 bits per heavy atom. The van der Waals surface area contributed by atoms with Crippen LogP contribution in [0.15, 0.2) is 53.7 Å². The van der Waals surface area contributed by atoms with Gasteiger partial charge in [0.2, 0.25) is 5.16 Å². The summed E-state index contributed by atoms with van der Waals surface area (Å²) in [6, 6.07) is 12.8. The average Bonchev–Trinajstić information content (AvgIpc) is 3.02. The van der Waals surface area contributed by atoms with Crippen LogP contribution in [0.2, 0.25) is 0 Å². The smallest absolute Gasteiger partial charge is 0.258 e. The van der Waals surface area contributed by atoms with E-state index in [-0.39, 0.29) is 5.69 Å². The van der Waals surface area contributed by atoms with Gasteiger partial charge in [-0.15, -0.1) is 5.10 Å². The Hall–Kier alpha value is -2.81. The van der Waals surface area contributed by atoms with Crippen molar-refractivity contribution in [2.24, 2.45) is 0 Å². The van der Waals surface area contributed by atoms with E-state index in [9.17, 15) is 14.5 Å². The van der Waals surface area contributed by atoms with E-state index in [1.807, 2.05) is 30.3 Å². The molecule has 0 atom stereocenters. The fraction of sp³-hybridized carbons (Fsp3) is 0.0714. The standard InChI is InChI=1S/C14H10FN5O2S/c15-11-6-10(7-13(8-11)20(21)22)9-23-14-16-17-18-19(14)12-4-2-1-3-5-12/h1-8H,9H2. The van der Waals surface area contributed by atoms with Crippen molar-refractivity contribution in [2.45, 2.75) is 10.9 Å². The monoisotopic (exact) mass is 331 g/mol. The Bertz CT molecular complexity index is 840. The van der Waals surface area contributed by atoms with E-state index in [1.165, 1.54) is 23.9 Å². The number of hydrogen-bond donors (Lipinski definition) is 0. The van der Waals surface area contributed by atoms with Gasteiger partial charge in [0.05, 0.1) is 16.7 Å². The first-order valence-corrected chi connectivity index (χ1v) is 7.52. The molecule has 1 aromatic heterocycles. The number of rotatable bonds is 5. The molecule has 3 aromatic rings. The highest BCUT2D eigenvalue weighted by molar-refractivity contribution is 7.98. The molecule has 0 amide bonds. The van der Waals surface area contributed by atoms with Gasteiger partial charge in [0.1, 0.15) is 5.82 Å². The molecule has 0 saturated heterocycles. The second-order valence-corrected chi connectivity index (χ2v) is 5.51. The first kappa shape index (κ1) is 15.1. The summed E-state index contributed by atoms with van der Waals surface area (Å²) in [5, 5.41) is 22.8. The van der Waals surface area contributed by atoms with Gasteiger partial charge in [-0.25, -0.2) is 4.39 Å². The Labute approximate surface area is 134 Å². The fourth-order valence-electron chi connectivity index (χ4n) is 1.97. The van der Waals surface area contributed by atoms with Crippen LogP contribution in [0.1, 0.15) is 5.56 Å². The van der Waals surface area contributed by atoms with Gasteiger partial charge in [0.25, 0.3) is 5.69 Å². The van der Waals surface area contributed by atoms with Gasteiger partial charge in [0.15, 0.2) is 0 Å². The quantitative estimate of drug-likeness (QED) is 0.406. The van der Waals surface area contributed by atoms with E-state index in [4.69, 9.17) is 0 Å². The molecule has 7 nitrogen and oxygen atoms in total. The summed E-state index contributed by atoms with van der Waals surface area (Å²) >= 11 is 1.27. The summed E-state index contributed by atoms with van der Waals surface area (Å²) in [6.45, 7) is 0. The van der Waals surface area contributed by atoms with Crippen molar-refractivity contribution < 1.29 is 9.31 Å². The number of hydrogen-bond acceptors (Lipinski definition) is 6. The van der Waals surface area contributed by atoms with E-state index in [2.05, 4.69) is 15.5 Å². The first-order chi connectivity index (χ1) is 11.1. The highest BCUT2D eigenvalue weighted by Crippen LogP contribution is 2.25. The molecular weight excluding hydrogens is 321 g/mol. The number of nitro groups is 1. The number of tetrazole rings is 1. The predicted molar refractivity (Wildman–Crippen MR) is 81.8 cm³/mol. The topological polar surface area (TPSA) is 86.7 Å². The van der Waals surface area contributed by atoms with Gasteiger partial charge in [-0.2, -0.15) is 4.68 Å². The Morgan fingerprint density at radius 2 is 2.00 bits per heavy atom. The maximum Gasteiger partial charge on any atom is 0.272 e. The molecule has 0 fully saturated rings. The van der Waals surface area contributed by atoms with E-state index in [0.29, 0.717) is 16.5 Å². The molecular formula is C14H10FN5O2S. The molecule has 1 heterocycles. The first-order valence-electron chi connectivity index (χ1n) is 6.54. The zero-order valence-electron chi connectivity index (χ0n) is 11.7. The van der Waals surface area contributed by atoms with Crippen molar-refractivity contribution in [3.63, 3.8) is 0 Å².